The predicted molar refractivity (Wildman–Crippen MR) is 110 cm³/mol. The number of hydrogen-bond acceptors (Lipinski definition) is 2. The fourth-order valence-electron chi connectivity index (χ4n) is 2.68. The molecule has 1 aromatic carbocycles. The summed E-state index contributed by atoms with van der Waals surface area (Å²) >= 11 is 5.98. The number of nitrogens with zero attached hydrogens (tertiary/aromatic N) is 3. The first-order valence-corrected chi connectivity index (χ1v) is 8.57. The minimum atomic E-state index is 0. The molecule has 1 aliphatic heterocycles. The van der Waals surface area contributed by atoms with Gasteiger partial charge in [0.05, 0.1) is 6.42 Å². The Labute approximate surface area is 166 Å². The van der Waals surface area contributed by atoms with E-state index in [4.69, 9.17) is 11.6 Å². The Kier molecular flexibility index (Phi) is 9.43. The fraction of sp³-hybridized carbons (Fsp3) is 0.529. The lowest BCUT2D eigenvalue weighted by atomic mass is 10.1. The molecule has 2 rings (SSSR count). The molecule has 0 aromatic heterocycles. The van der Waals surface area contributed by atoms with Crippen LogP contribution >= 0.6 is 35.6 Å². The van der Waals surface area contributed by atoms with Crippen molar-refractivity contribution in [2.75, 3.05) is 39.3 Å². The SMILES string of the molecule is CCN=C(NCC)N1CCN(C(=O)Cc2cccc(Cl)c2)CC1.I. The lowest BCUT2D eigenvalue weighted by Crippen LogP contribution is -2.54. The van der Waals surface area contributed by atoms with E-state index in [0.717, 1.165) is 50.8 Å². The van der Waals surface area contributed by atoms with Gasteiger partial charge in [-0.15, -0.1) is 24.0 Å². The molecule has 7 heteroatoms. The number of nitrogens with one attached hydrogen (secondary N) is 1. The molecule has 0 spiro atoms. The summed E-state index contributed by atoms with van der Waals surface area (Å²) in [4.78, 5) is 21.1. The first kappa shape index (κ1) is 21.0. The molecule has 1 N–H and O–H groups in total. The van der Waals surface area contributed by atoms with Gasteiger partial charge in [0.1, 0.15) is 0 Å². The van der Waals surface area contributed by atoms with Crippen molar-refractivity contribution in [2.45, 2.75) is 20.3 Å². The summed E-state index contributed by atoms with van der Waals surface area (Å²) < 4.78 is 0. The Morgan fingerprint density at radius 1 is 1.21 bits per heavy atom. The van der Waals surface area contributed by atoms with Gasteiger partial charge in [0, 0.05) is 44.3 Å². The normalized spacial score (nSPS) is 15.0. The van der Waals surface area contributed by atoms with Crippen LogP contribution in [0.15, 0.2) is 29.3 Å². The number of benzene rings is 1. The average molecular weight is 465 g/mol. The Morgan fingerprint density at radius 2 is 1.88 bits per heavy atom. The van der Waals surface area contributed by atoms with E-state index in [1.54, 1.807) is 0 Å². The first-order chi connectivity index (χ1) is 11.1. The predicted octanol–water partition coefficient (Wildman–Crippen LogP) is 2.63. The molecule has 1 saturated heterocycles. The van der Waals surface area contributed by atoms with Gasteiger partial charge in [-0.1, -0.05) is 23.7 Å². The molecule has 0 radical (unpaired) electrons. The molecular weight excluding hydrogens is 439 g/mol. The molecule has 0 aliphatic carbocycles. The van der Waals surface area contributed by atoms with Crippen LogP contribution < -0.4 is 5.32 Å². The summed E-state index contributed by atoms with van der Waals surface area (Å²) in [5, 5.41) is 3.97. The summed E-state index contributed by atoms with van der Waals surface area (Å²) in [5.74, 6) is 1.10. The second-order valence-electron chi connectivity index (χ2n) is 5.50. The molecule has 1 amide bonds. The van der Waals surface area contributed by atoms with E-state index in [0.29, 0.717) is 11.4 Å². The van der Waals surface area contributed by atoms with Crippen LogP contribution in [0.3, 0.4) is 0 Å². The zero-order valence-electron chi connectivity index (χ0n) is 14.3. The molecule has 5 nitrogen and oxygen atoms in total. The first-order valence-electron chi connectivity index (χ1n) is 8.19. The molecule has 0 saturated carbocycles. The van der Waals surface area contributed by atoms with Crippen molar-refractivity contribution in [3.8, 4) is 0 Å². The third-order valence-corrected chi connectivity index (χ3v) is 4.05. The van der Waals surface area contributed by atoms with E-state index in [2.05, 4.69) is 22.1 Å². The number of carbonyl (C=O) groups excluding carboxylic acids is 1. The van der Waals surface area contributed by atoms with Crippen molar-refractivity contribution >= 4 is 47.4 Å². The van der Waals surface area contributed by atoms with Gasteiger partial charge in [-0.25, -0.2) is 0 Å². The van der Waals surface area contributed by atoms with Gasteiger partial charge < -0.3 is 15.1 Å². The van der Waals surface area contributed by atoms with Crippen LogP contribution in [0.1, 0.15) is 19.4 Å². The quantitative estimate of drug-likeness (QED) is 0.423. The monoisotopic (exact) mass is 464 g/mol. The number of aliphatic imine (C=N–C) groups is 1. The van der Waals surface area contributed by atoms with Gasteiger partial charge in [0.15, 0.2) is 5.96 Å². The Bertz CT molecular complexity index is 559. The van der Waals surface area contributed by atoms with Crippen LogP contribution in [0.25, 0.3) is 0 Å². The van der Waals surface area contributed by atoms with E-state index in [-0.39, 0.29) is 29.9 Å². The largest absolute Gasteiger partial charge is 0.357 e. The van der Waals surface area contributed by atoms with E-state index in [9.17, 15) is 4.79 Å². The van der Waals surface area contributed by atoms with Crippen molar-refractivity contribution in [1.29, 1.82) is 0 Å². The molecule has 1 heterocycles. The summed E-state index contributed by atoms with van der Waals surface area (Å²) in [5.41, 5.74) is 0.964. The van der Waals surface area contributed by atoms with Gasteiger partial charge in [0.25, 0.3) is 0 Å². The maximum absolute atomic E-state index is 12.4. The maximum Gasteiger partial charge on any atom is 0.227 e. The smallest absolute Gasteiger partial charge is 0.227 e. The zero-order chi connectivity index (χ0) is 16.7. The second kappa shape index (κ2) is 10.8. The molecule has 0 atom stereocenters. The summed E-state index contributed by atoms with van der Waals surface area (Å²) in [6, 6.07) is 7.50. The molecule has 1 fully saturated rings. The summed E-state index contributed by atoms with van der Waals surface area (Å²) in [7, 11) is 0. The highest BCUT2D eigenvalue weighted by Gasteiger charge is 2.22. The van der Waals surface area contributed by atoms with Crippen molar-refractivity contribution in [2.24, 2.45) is 4.99 Å². The minimum Gasteiger partial charge on any atom is -0.357 e. The van der Waals surface area contributed by atoms with Crippen LogP contribution in [0.4, 0.5) is 0 Å². The van der Waals surface area contributed by atoms with E-state index in [1.807, 2.05) is 36.1 Å². The Hall–Kier alpha value is -1.02. The van der Waals surface area contributed by atoms with Crippen LogP contribution in [0.5, 0.6) is 0 Å². The fourth-order valence-corrected chi connectivity index (χ4v) is 2.89. The molecule has 134 valence electrons. The summed E-state index contributed by atoms with van der Waals surface area (Å²) in [6.07, 6.45) is 0.406. The van der Waals surface area contributed by atoms with Gasteiger partial charge in [-0.2, -0.15) is 0 Å². The van der Waals surface area contributed by atoms with Gasteiger partial charge in [-0.05, 0) is 31.5 Å². The number of piperazine rings is 1. The highest BCUT2D eigenvalue weighted by Crippen LogP contribution is 2.13. The van der Waals surface area contributed by atoms with Gasteiger partial charge in [-0.3, -0.25) is 9.79 Å². The van der Waals surface area contributed by atoms with E-state index < -0.39 is 0 Å². The number of amides is 1. The zero-order valence-corrected chi connectivity index (χ0v) is 17.4. The lowest BCUT2D eigenvalue weighted by molar-refractivity contribution is -0.131. The topological polar surface area (TPSA) is 47.9 Å². The number of halogens is 2. The van der Waals surface area contributed by atoms with E-state index in [1.165, 1.54) is 0 Å². The molecule has 0 unspecified atom stereocenters. The van der Waals surface area contributed by atoms with Crippen molar-refractivity contribution in [3.63, 3.8) is 0 Å². The summed E-state index contributed by atoms with van der Waals surface area (Å²) in [6.45, 7) is 8.79. The number of rotatable bonds is 4. The standard InChI is InChI=1S/C17H25ClN4O.HI/c1-3-19-17(20-4-2)22-10-8-21(9-11-22)16(23)13-14-6-5-7-15(18)12-14;/h5-7,12H,3-4,8-11,13H2,1-2H3,(H,19,20);1H. The number of hydrogen-bond donors (Lipinski definition) is 1. The second-order valence-corrected chi connectivity index (χ2v) is 5.94. The third-order valence-electron chi connectivity index (χ3n) is 3.82. The molecule has 24 heavy (non-hydrogen) atoms. The van der Waals surface area contributed by atoms with E-state index >= 15 is 0 Å². The van der Waals surface area contributed by atoms with Crippen molar-refractivity contribution < 1.29 is 4.79 Å². The van der Waals surface area contributed by atoms with Crippen LogP contribution in [-0.4, -0.2) is 60.9 Å². The minimum absolute atomic E-state index is 0. The third kappa shape index (κ3) is 6.12. The highest BCUT2D eigenvalue weighted by molar-refractivity contribution is 14.0. The molecule has 1 aromatic rings. The maximum atomic E-state index is 12.4. The Balaban J connectivity index is 0.00000288. The van der Waals surface area contributed by atoms with Crippen molar-refractivity contribution in [3.05, 3.63) is 34.9 Å². The number of guanidine groups is 1. The van der Waals surface area contributed by atoms with Crippen LogP contribution in [-0.2, 0) is 11.2 Å². The average Bonchev–Trinajstić information content (AvgIpc) is 2.55. The van der Waals surface area contributed by atoms with Crippen LogP contribution in [0.2, 0.25) is 5.02 Å². The molecule has 0 bridgehead atoms. The Morgan fingerprint density at radius 3 is 2.46 bits per heavy atom. The van der Waals surface area contributed by atoms with Crippen molar-refractivity contribution in [1.82, 2.24) is 15.1 Å². The molecule has 1 aliphatic rings. The molecular formula is C17H26ClIN4O. The lowest BCUT2D eigenvalue weighted by Gasteiger charge is -2.36. The van der Waals surface area contributed by atoms with Gasteiger partial charge >= 0.3 is 0 Å². The number of carbonyl (C=O) groups is 1. The highest BCUT2D eigenvalue weighted by atomic mass is 127. The van der Waals surface area contributed by atoms with Gasteiger partial charge in [0.2, 0.25) is 5.91 Å². The van der Waals surface area contributed by atoms with Crippen LogP contribution in [0, 0.1) is 0 Å².